The zero-order chi connectivity index (χ0) is 16.1. The van der Waals surface area contributed by atoms with Crippen molar-refractivity contribution in [1.82, 2.24) is 5.32 Å². The summed E-state index contributed by atoms with van der Waals surface area (Å²) in [5.74, 6) is -0.0556. The molecule has 0 atom stereocenters. The number of thiocarbonyl (C=S) groups is 1. The van der Waals surface area contributed by atoms with E-state index in [2.05, 4.69) is 10.6 Å². The Morgan fingerprint density at radius 1 is 1.32 bits per heavy atom. The highest BCUT2D eigenvalue weighted by Gasteiger charge is 2.22. The molecule has 0 radical (unpaired) electrons. The average Bonchev–Trinajstić information content (AvgIpc) is 2.50. The number of rotatable bonds is 3. The van der Waals surface area contributed by atoms with E-state index in [1.165, 1.54) is 12.5 Å². The molecule has 1 fully saturated rings. The molecular formula is C15H19N3O3S. The van der Waals surface area contributed by atoms with Crippen molar-refractivity contribution in [2.24, 2.45) is 5.92 Å². The van der Waals surface area contributed by atoms with Crippen molar-refractivity contribution >= 4 is 34.6 Å². The maximum Gasteiger partial charge on any atom is 0.274 e. The first-order chi connectivity index (χ1) is 10.5. The van der Waals surface area contributed by atoms with E-state index in [0.717, 1.165) is 25.7 Å². The molecule has 1 aromatic rings. The van der Waals surface area contributed by atoms with Crippen LogP contribution in [0.2, 0.25) is 0 Å². The van der Waals surface area contributed by atoms with Gasteiger partial charge in [0.1, 0.15) is 0 Å². The minimum absolute atomic E-state index is 0.0136. The number of hydrogen-bond donors (Lipinski definition) is 2. The Labute approximate surface area is 134 Å². The molecule has 22 heavy (non-hydrogen) atoms. The SMILES string of the molecule is Cc1c(NC(=S)NC(=O)C2CCCCC2)cccc1[N+](=O)[O-]. The van der Waals surface area contributed by atoms with Crippen LogP contribution in [-0.2, 0) is 4.79 Å². The Balaban J connectivity index is 1.98. The number of amides is 1. The zero-order valence-corrected chi connectivity index (χ0v) is 13.2. The van der Waals surface area contributed by atoms with Crippen molar-refractivity contribution in [3.05, 3.63) is 33.9 Å². The minimum atomic E-state index is -0.440. The third-order valence-electron chi connectivity index (χ3n) is 3.96. The van der Waals surface area contributed by atoms with Crippen molar-refractivity contribution < 1.29 is 9.72 Å². The number of nitrogens with zero attached hydrogens (tertiary/aromatic N) is 1. The molecule has 0 aromatic heterocycles. The van der Waals surface area contributed by atoms with Gasteiger partial charge in [-0.05, 0) is 38.0 Å². The standard InChI is InChI=1S/C15H19N3O3S/c1-10-12(8-5-9-13(10)18(20)21)16-15(22)17-14(19)11-6-3-2-4-7-11/h5,8-9,11H,2-4,6-7H2,1H3,(H2,16,17,19,22). The van der Waals surface area contributed by atoms with E-state index in [9.17, 15) is 14.9 Å². The van der Waals surface area contributed by atoms with Gasteiger partial charge in [-0.15, -0.1) is 0 Å². The lowest BCUT2D eigenvalue weighted by atomic mass is 9.89. The Kier molecular flexibility index (Phi) is 5.43. The molecule has 6 nitrogen and oxygen atoms in total. The number of carbonyl (C=O) groups excluding carboxylic acids is 1. The van der Waals surface area contributed by atoms with Gasteiger partial charge in [0, 0.05) is 12.0 Å². The number of benzene rings is 1. The first-order valence-corrected chi connectivity index (χ1v) is 7.75. The predicted molar refractivity (Wildman–Crippen MR) is 88.8 cm³/mol. The van der Waals surface area contributed by atoms with E-state index in [1.807, 2.05) is 0 Å². The first kappa shape index (κ1) is 16.4. The van der Waals surface area contributed by atoms with E-state index in [1.54, 1.807) is 19.1 Å². The van der Waals surface area contributed by atoms with E-state index >= 15 is 0 Å². The summed E-state index contributed by atoms with van der Waals surface area (Å²) < 4.78 is 0. The van der Waals surface area contributed by atoms with Gasteiger partial charge >= 0.3 is 0 Å². The highest BCUT2D eigenvalue weighted by molar-refractivity contribution is 7.80. The third kappa shape index (κ3) is 4.00. The van der Waals surface area contributed by atoms with E-state index < -0.39 is 4.92 Å². The van der Waals surface area contributed by atoms with Gasteiger partial charge in [-0.2, -0.15) is 0 Å². The van der Waals surface area contributed by atoms with Crippen molar-refractivity contribution in [2.45, 2.75) is 39.0 Å². The third-order valence-corrected chi connectivity index (χ3v) is 4.17. The largest absolute Gasteiger partial charge is 0.332 e. The van der Waals surface area contributed by atoms with E-state index in [4.69, 9.17) is 12.2 Å². The maximum absolute atomic E-state index is 12.1. The number of nitrogens with one attached hydrogen (secondary N) is 2. The summed E-state index contributed by atoms with van der Waals surface area (Å²) in [6.45, 7) is 1.64. The molecule has 2 rings (SSSR count). The van der Waals surface area contributed by atoms with Crippen LogP contribution in [0.5, 0.6) is 0 Å². The summed E-state index contributed by atoms with van der Waals surface area (Å²) in [5, 5.41) is 16.7. The Hall–Kier alpha value is -2.02. The molecule has 0 aliphatic heterocycles. The summed E-state index contributed by atoms with van der Waals surface area (Å²) in [7, 11) is 0. The Morgan fingerprint density at radius 2 is 2.00 bits per heavy atom. The fourth-order valence-electron chi connectivity index (χ4n) is 2.69. The second-order valence-electron chi connectivity index (χ2n) is 5.49. The number of nitro benzene ring substituents is 1. The van der Waals surface area contributed by atoms with E-state index in [-0.39, 0.29) is 22.6 Å². The smallest absolute Gasteiger partial charge is 0.274 e. The molecule has 7 heteroatoms. The second kappa shape index (κ2) is 7.31. The van der Waals surface area contributed by atoms with Gasteiger partial charge < -0.3 is 10.6 Å². The molecule has 0 spiro atoms. The second-order valence-corrected chi connectivity index (χ2v) is 5.89. The molecule has 2 N–H and O–H groups in total. The fraction of sp³-hybridized carbons (Fsp3) is 0.467. The molecule has 1 aliphatic rings. The molecule has 0 bridgehead atoms. The van der Waals surface area contributed by atoms with Crippen molar-refractivity contribution in [3.8, 4) is 0 Å². The van der Waals surface area contributed by atoms with Gasteiger partial charge in [0.15, 0.2) is 5.11 Å². The Bertz CT molecular complexity index is 598. The molecule has 118 valence electrons. The van der Waals surface area contributed by atoms with Gasteiger partial charge in [0.05, 0.1) is 16.2 Å². The molecule has 0 unspecified atom stereocenters. The van der Waals surface area contributed by atoms with Gasteiger partial charge in [0.25, 0.3) is 5.69 Å². The lowest BCUT2D eigenvalue weighted by Crippen LogP contribution is -2.39. The molecule has 1 aliphatic carbocycles. The number of carbonyl (C=O) groups is 1. The van der Waals surface area contributed by atoms with Crippen LogP contribution >= 0.6 is 12.2 Å². The Morgan fingerprint density at radius 3 is 2.64 bits per heavy atom. The van der Waals surface area contributed by atoms with Gasteiger partial charge in [0.2, 0.25) is 5.91 Å². The maximum atomic E-state index is 12.1. The number of hydrogen-bond acceptors (Lipinski definition) is 4. The van der Waals surface area contributed by atoms with Crippen LogP contribution in [0, 0.1) is 23.0 Å². The van der Waals surface area contributed by atoms with Crippen LogP contribution < -0.4 is 10.6 Å². The average molecular weight is 321 g/mol. The van der Waals surface area contributed by atoms with Crippen molar-refractivity contribution in [3.63, 3.8) is 0 Å². The molecule has 0 heterocycles. The fourth-order valence-corrected chi connectivity index (χ4v) is 2.90. The summed E-state index contributed by atoms with van der Waals surface area (Å²) in [6, 6.07) is 4.71. The summed E-state index contributed by atoms with van der Waals surface area (Å²) in [4.78, 5) is 22.6. The number of anilines is 1. The molecule has 1 aromatic carbocycles. The summed E-state index contributed by atoms with van der Waals surface area (Å²) in [6.07, 6.45) is 5.11. The monoisotopic (exact) mass is 321 g/mol. The van der Waals surface area contributed by atoms with Gasteiger partial charge in [-0.3, -0.25) is 14.9 Å². The summed E-state index contributed by atoms with van der Waals surface area (Å²) >= 11 is 5.14. The summed E-state index contributed by atoms with van der Waals surface area (Å²) in [5.41, 5.74) is 1.04. The predicted octanol–water partition coefficient (Wildman–Crippen LogP) is 3.30. The quantitative estimate of drug-likeness (QED) is 0.507. The van der Waals surface area contributed by atoms with Gasteiger partial charge in [-0.1, -0.05) is 25.3 Å². The van der Waals surface area contributed by atoms with Crippen LogP contribution in [0.4, 0.5) is 11.4 Å². The zero-order valence-electron chi connectivity index (χ0n) is 12.4. The van der Waals surface area contributed by atoms with Crippen LogP contribution in [-0.4, -0.2) is 15.9 Å². The topological polar surface area (TPSA) is 84.3 Å². The normalized spacial score (nSPS) is 15.1. The van der Waals surface area contributed by atoms with Gasteiger partial charge in [-0.25, -0.2) is 0 Å². The minimum Gasteiger partial charge on any atom is -0.332 e. The lowest BCUT2D eigenvalue weighted by molar-refractivity contribution is -0.385. The number of nitro groups is 1. The van der Waals surface area contributed by atoms with Crippen molar-refractivity contribution in [2.75, 3.05) is 5.32 Å². The van der Waals surface area contributed by atoms with E-state index in [0.29, 0.717) is 11.3 Å². The van der Waals surface area contributed by atoms with Crippen LogP contribution in [0.25, 0.3) is 0 Å². The van der Waals surface area contributed by atoms with Crippen LogP contribution in [0.15, 0.2) is 18.2 Å². The molecule has 1 saturated carbocycles. The van der Waals surface area contributed by atoms with Crippen LogP contribution in [0.3, 0.4) is 0 Å². The molecule has 0 saturated heterocycles. The highest BCUT2D eigenvalue weighted by atomic mass is 32.1. The first-order valence-electron chi connectivity index (χ1n) is 7.35. The van der Waals surface area contributed by atoms with Crippen LogP contribution in [0.1, 0.15) is 37.7 Å². The van der Waals surface area contributed by atoms with Crippen molar-refractivity contribution in [1.29, 1.82) is 0 Å². The lowest BCUT2D eigenvalue weighted by Gasteiger charge is -2.21. The molecule has 1 amide bonds. The molecular weight excluding hydrogens is 302 g/mol. The highest BCUT2D eigenvalue weighted by Crippen LogP contribution is 2.25.